The van der Waals surface area contributed by atoms with Gasteiger partial charge in [0.15, 0.2) is 5.78 Å². The topological polar surface area (TPSA) is 17.1 Å². The normalized spacial score (nSPS) is 17.7. The molecule has 18 heavy (non-hydrogen) atoms. The molecule has 0 N–H and O–H groups in total. The molecule has 3 rings (SSSR count). The van der Waals surface area contributed by atoms with Gasteiger partial charge in [0.25, 0.3) is 0 Å². The first-order valence-corrected chi connectivity index (χ1v) is 5.34. The lowest BCUT2D eigenvalue weighted by Crippen LogP contribution is -2.23. The monoisotopic (exact) mass is 248 g/mol. The Hall–Kier alpha value is -2.10. The van der Waals surface area contributed by atoms with Crippen molar-refractivity contribution in [2.75, 3.05) is 0 Å². The number of rotatable bonds is 0. The quantitative estimate of drug-likeness (QED) is 0.686. The van der Waals surface area contributed by atoms with E-state index < -0.39 is 17.5 Å². The van der Waals surface area contributed by atoms with E-state index in [2.05, 4.69) is 0 Å². The second-order valence-corrected chi connectivity index (χ2v) is 4.13. The van der Waals surface area contributed by atoms with Gasteiger partial charge in [-0.05, 0) is 28.9 Å². The van der Waals surface area contributed by atoms with Crippen molar-refractivity contribution in [3.05, 3.63) is 58.7 Å². The average molecular weight is 248 g/mol. The number of carbonyl (C=O) groups is 1. The molecule has 0 aromatic heterocycles. The van der Waals surface area contributed by atoms with Gasteiger partial charge in [0.1, 0.15) is 5.57 Å². The molecule has 0 spiro atoms. The maximum atomic E-state index is 12.6. The second kappa shape index (κ2) is 3.45. The molecule has 0 bridgehead atoms. The van der Waals surface area contributed by atoms with Crippen LogP contribution in [-0.2, 0) is 4.79 Å². The van der Waals surface area contributed by atoms with Crippen LogP contribution in [0.5, 0.6) is 0 Å². The highest BCUT2D eigenvalue weighted by atomic mass is 19.4. The average Bonchev–Trinajstić information content (AvgIpc) is 2.68. The number of allylic oxidation sites excluding steroid dienone is 5. The molecule has 0 amide bonds. The molecule has 0 unspecified atom stereocenters. The standard InChI is InChI=1S/C14H7F3O/c15-14(16,17)12-6-5-10-9-4-2-1-3-8(9)7-11(10)13(12)18/h1-7H. The van der Waals surface area contributed by atoms with E-state index in [0.29, 0.717) is 5.57 Å². The van der Waals surface area contributed by atoms with E-state index in [0.717, 1.165) is 17.2 Å². The molecule has 0 saturated heterocycles. The summed E-state index contributed by atoms with van der Waals surface area (Å²) in [6.45, 7) is 0. The Bertz CT molecular complexity index is 645. The van der Waals surface area contributed by atoms with Gasteiger partial charge in [-0.3, -0.25) is 4.79 Å². The third kappa shape index (κ3) is 1.45. The summed E-state index contributed by atoms with van der Waals surface area (Å²) in [5, 5.41) is 0. The van der Waals surface area contributed by atoms with Gasteiger partial charge >= 0.3 is 6.18 Å². The first kappa shape index (κ1) is 11.0. The third-order valence-corrected chi connectivity index (χ3v) is 3.05. The molecule has 90 valence electrons. The highest BCUT2D eigenvalue weighted by Gasteiger charge is 2.42. The first-order valence-electron chi connectivity index (χ1n) is 5.34. The number of ketones is 1. The van der Waals surface area contributed by atoms with Crippen molar-refractivity contribution in [2.24, 2.45) is 0 Å². The Morgan fingerprint density at radius 2 is 1.67 bits per heavy atom. The molecule has 4 heteroatoms. The number of Topliss-reactive ketones (excluding diaryl/α,β-unsaturated/α-hetero) is 1. The van der Waals surface area contributed by atoms with Crippen LogP contribution in [-0.4, -0.2) is 12.0 Å². The van der Waals surface area contributed by atoms with Gasteiger partial charge in [-0.15, -0.1) is 0 Å². The van der Waals surface area contributed by atoms with Gasteiger partial charge in [0.2, 0.25) is 0 Å². The molecule has 0 fully saturated rings. The number of hydrogen-bond donors (Lipinski definition) is 0. The third-order valence-electron chi connectivity index (χ3n) is 3.05. The summed E-state index contributed by atoms with van der Waals surface area (Å²) in [7, 11) is 0. The van der Waals surface area contributed by atoms with Crippen LogP contribution in [0.15, 0.2) is 47.6 Å². The van der Waals surface area contributed by atoms with E-state index in [1.54, 1.807) is 24.3 Å². The molecule has 0 heterocycles. The lowest BCUT2D eigenvalue weighted by molar-refractivity contribution is -0.125. The molecule has 1 aromatic carbocycles. The molecular formula is C14H7F3O. The van der Waals surface area contributed by atoms with E-state index in [4.69, 9.17) is 0 Å². The molecule has 0 radical (unpaired) electrons. The van der Waals surface area contributed by atoms with Gasteiger partial charge in [-0.25, -0.2) is 0 Å². The summed E-state index contributed by atoms with van der Waals surface area (Å²) < 4.78 is 37.9. The molecule has 1 aromatic rings. The number of carbonyl (C=O) groups excluding carboxylic acids is 1. The van der Waals surface area contributed by atoms with Crippen LogP contribution < -0.4 is 0 Å². The summed E-state index contributed by atoms with van der Waals surface area (Å²) in [6.07, 6.45) is -0.865. The van der Waals surface area contributed by atoms with Crippen molar-refractivity contribution >= 4 is 17.4 Å². The van der Waals surface area contributed by atoms with Crippen LogP contribution in [0.3, 0.4) is 0 Å². The van der Waals surface area contributed by atoms with Crippen molar-refractivity contribution in [1.29, 1.82) is 0 Å². The Morgan fingerprint density at radius 3 is 2.39 bits per heavy atom. The van der Waals surface area contributed by atoms with Crippen molar-refractivity contribution in [3.8, 4) is 0 Å². The number of alkyl halides is 3. The number of hydrogen-bond acceptors (Lipinski definition) is 1. The maximum absolute atomic E-state index is 12.6. The summed E-state index contributed by atoms with van der Waals surface area (Å²) in [5.41, 5.74) is 1.18. The Balaban J connectivity index is 2.16. The SMILES string of the molecule is O=C1C2=Cc3ccccc3C2=CC=C1C(F)(F)F. The van der Waals surface area contributed by atoms with Crippen LogP contribution in [0.2, 0.25) is 0 Å². The van der Waals surface area contributed by atoms with Gasteiger partial charge in [0, 0.05) is 5.57 Å². The Kier molecular flexibility index (Phi) is 2.11. The lowest BCUT2D eigenvalue weighted by Gasteiger charge is -2.16. The largest absolute Gasteiger partial charge is 0.420 e. The van der Waals surface area contributed by atoms with Crippen molar-refractivity contribution < 1.29 is 18.0 Å². The van der Waals surface area contributed by atoms with Crippen molar-refractivity contribution in [2.45, 2.75) is 6.18 Å². The predicted octanol–water partition coefficient (Wildman–Crippen LogP) is 3.54. The van der Waals surface area contributed by atoms with Gasteiger partial charge < -0.3 is 0 Å². The number of fused-ring (bicyclic) bond motifs is 3. The van der Waals surface area contributed by atoms with Gasteiger partial charge in [-0.2, -0.15) is 13.2 Å². The fraction of sp³-hybridized carbons (Fsp3) is 0.0714. The minimum absolute atomic E-state index is 0.131. The summed E-state index contributed by atoms with van der Waals surface area (Å²) in [5.74, 6) is -0.948. The fourth-order valence-corrected chi connectivity index (χ4v) is 2.22. The molecule has 0 saturated carbocycles. The zero-order valence-corrected chi connectivity index (χ0v) is 9.08. The second-order valence-electron chi connectivity index (χ2n) is 4.13. The van der Waals surface area contributed by atoms with Crippen LogP contribution in [0, 0.1) is 0 Å². The predicted molar refractivity (Wildman–Crippen MR) is 61.5 cm³/mol. The lowest BCUT2D eigenvalue weighted by atomic mass is 9.91. The first-order chi connectivity index (χ1) is 8.48. The molecule has 2 aliphatic rings. The van der Waals surface area contributed by atoms with Crippen LogP contribution in [0.25, 0.3) is 11.6 Å². The zero-order chi connectivity index (χ0) is 12.9. The van der Waals surface area contributed by atoms with Gasteiger partial charge in [0.05, 0.1) is 0 Å². The number of benzene rings is 1. The number of halogens is 3. The van der Waals surface area contributed by atoms with Crippen LogP contribution >= 0.6 is 0 Å². The summed E-state index contributed by atoms with van der Waals surface area (Å²) in [4.78, 5) is 11.8. The van der Waals surface area contributed by atoms with E-state index in [1.807, 2.05) is 0 Å². The minimum Gasteiger partial charge on any atom is -0.289 e. The van der Waals surface area contributed by atoms with E-state index in [-0.39, 0.29) is 5.57 Å². The summed E-state index contributed by atoms with van der Waals surface area (Å²) in [6, 6.07) is 7.16. The van der Waals surface area contributed by atoms with Crippen molar-refractivity contribution in [1.82, 2.24) is 0 Å². The molecular weight excluding hydrogens is 241 g/mol. The smallest absolute Gasteiger partial charge is 0.289 e. The van der Waals surface area contributed by atoms with E-state index in [1.165, 1.54) is 12.2 Å². The minimum atomic E-state index is -4.60. The molecule has 0 aliphatic heterocycles. The van der Waals surface area contributed by atoms with Crippen LogP contribution in [0.1, 0.15) is 11.1 Å². The zero-order valence-electron chi connectivity index (χ0n) is 9.08. The van der Waals surface area contributed by atoms with E-state index in [9.17, 15) is 18.0 Å². The molecule has 1 nitrogen and oxygen atoms in total. The fourth-order valence-electron chi connectivity index (χ4n) is 2.22. The van der Waals surface area contributed by atoms with Crippen LogP contribution in [0.4, 0.5) is 13.2 Å². The summed E-state index contributed by atoms with van der Waals surface area (Å²) >= 11 is 0. The van der Waals surface area contributed by atoms with Crippen molar-refractivity contribution in [3.63, 3.8) is 0 Å². The van der Waals surface area contributed by atoms with E-state index >= 15 is 0 Å². The maximum Gasteiger partial charge on any atom is 0.420 e. The Labute approximate surface area is 101 Å². The Morgan fingerprint density at radius 1 is 0.944 bits per heavy atom. The molecule has 2 aliphatic carbocycles. The molecule has 0 atom stereocenters. The van der Waals surface area contributed by atoms with Gasteiger partial charge in [-0.1, -0.05) is 30.3 Å². The highest BCUT2D eigenvalue weighted by molar-refractivity contribution is 6.26. The highest BCUT2D eigenvalue weighted by Crippen LogP contribution is 2.42.